The molecule has 1 aliphatic rings. The topological polar surface area (TPSA) is 301 Å². The fraction of sp³-hybridized carbons (Fsp3) is 0.621. The first-order chi connectivity index (χ1) is 60.4. The van der Waals surface area contributed by atoms with Crippen LogP contribution in [0, 0.1) is 59.2 Å². The fourth-order valence-electron chi connectivity index (χ4n) is 18.1. The minimum absolute atomic E-state index is 0.0431. The van der Waals surface area contributed by atoms with Crippen LogP contribution in [0.5, 0.6) is 0 Å². The molecule has 1 saturated heterocycles. The monoisotopic (exact) mass is 1790 g/mol. The summed E-state index contributed by atoms with van der Waals surface area (Å²) in [6.07, 6.45) is 9.15. The molecule has 0 saturated carbocycles. The van der Waals surface area contributed by atoms with E-state index in [1.165, 1.54) is 102 Å². The maximum absolute atomic E-state index is 16.0. The number of aliphatic hydroxyl groups excluding tert-OH is 1. The second kappa shape index (κ2) is 53.1. The number of Topliss-reactive ketones (excluding diaryl/α,β-unsaturated/α-hetero) is 3. The average Bonchev–Trinajstić information content (AvgIpc) is 0.765. The quantitative estimate of drug-likeness (QED) is 0.0192. The first kappa shape index (κ1) is 109. The zero-order valence-electron chi connectivity index (χ0n) is 81.8. The van der Waals surface area contributed by atoms with Crippen LogP contribution in [0.4, 0.5) is 0 Å². The second-order valence-electron chi connectivity index (χ2n) is 38.7. The van der Waals surface area contributed by atoms with Gasteiger partial charge in [0, 0.05) is 105 Å². The number of nitrogens with one attached hydrogen (secondary N) is 3. The van der Waals surface area contributed by atoms with Gasteiger partial charge in [0.25, 0.3) is 5.91 Å². The summed E-state index contributed by atoms with van der Waals surface area (Å²) < 4.78 is 0. The largest absolute Gasteiger partial charge is 0.344 e. The number of amides is 10. The van der Waals surface area contributed by atoms with E-state index in [-0.39, 0.29) is 86.9 Å². The molecule has 1 fully saturated rings. The standard InChI is InChI=1S/C103H159N10O14P/c1-25-27-44-73(15)94(118)93-90(116)65-77(26-2)98(122)110(21)87(64-76-52-54-78(55-53-76)96(120)105-57-42-29-28-41-56-104-91(117)51-40-33-43-58-128(79-45-34-30-35-46-79,80-47-36-31-37-48-80)81-49-38-32-39-50-81)101(125)108(19)84(60-68(5)6)89(115)66-82(71(11)12)99(123)107(18)83(59-67(3)4)88(114)63-74(16)95(119)106-75(17)97(121)109(20)85(61-69(7)8)100(124)111(22)86(62-70(9)10)102(126)112(23)92(72(13)14)103(127)113(93)24/h25,27,30-32,34-39,45-50,52-55,67-75,77,82-87,92-94,118,128H,26,28-29,33,40-44,51,56-66H2,1-24H3,(H,104,117)(H,105,120)(H,106,119)/b27-25+/t73-,74-,75-,77-,82+,83+,84+,85+,86+,87?,92+,93-,94-/m1/s1. The smallest absolute Gasteiger partial charge is 0.246 e. The van der Waals surface area contributed by atoms with Gasteiger partial charge in [-0.2, -0.15) is 0 Å². The molecule has 4 aromatic rings. The molecular weight excluding hydrogens is 1630 g/mol. The van der Waals surface area contributed by atoms with Crippen molar-refractivity contribution in [2.75, 3.05) is 68.6 Å². The van der Waals surface area contributed by atoms with Gasteiger partial charge in [0.1, 0.15) is 36.3 Å². The minimum Gasteiger partial charge on any atom is -0.344 e. The van der Waals surface area contributed by atoms with Crippen molar-refractivity contribution in [3.63, 3.8) is 0 Å². The van der Waals surface area contributed by atoms with Gasteiger partial charge in [-0.3, -0.25) is 57.5 Å². The predicted molar refractivity (Wildman–Crippen MR) is 515 cm³/mol. The van der Waals surface area contributed by atoms with E-state index >= 15 is 38.4 Å². The van der Waals surface area contributed by atoms with Crippen molar-refractivity contribution >= 4 is 99.6 Å². The number of unbranched alkanes of at least 4 members (excludes halogenated alkanes) is 5. The Balaban J connectivity index is 1.48. The molecule has 0 radical (unpaired) electrons. The number of nitrogens with zero attached hydrogens (tertiary/aromatic N) is 7. The van der Waals surface area contributed by atoms with Gasteiger partial charge >= 0.3 is 194 Å². The zero-order valence-corrected chi connectivity index (χ0v) is 82.8. The van der Waals surface area contributed by atoms with Crippen LogP contribution in [-0.2, 0) is 64.0 Å². The van der Waals surface area contributed by atoms with Crippen molar-refractivity contribution in [2.45, 2.75) is 288 Å². The Bertz CT molecular complexity index is 4180. The van der Waals surface area contributed by atoms with Gasteiger partial charge in [0.05, 0.1) is 18.2 Å². The number of allylic oxidation sites excluding steroid dienone is 2. The molecule has 10 amide bonds. The third kappa shape index (κ3) is 31.0. The Morgan fingerprint density at radius 1 is 0.453 bits per heavy atom. The number of hydrogen-bond donors (Lipinski definition) is 4. The molecular formula is C103H159N10O14P. The number of hydrogen-bond acceptors (Lipinski definition) is 14. The minimum atomic E-state index is -2.35. The van der Waals surface area contributed by atoms with E-state index < -0.39 is 168 Å². The Morgan fingerprint density at radius 2 is 0.875 bits per heavy atom. The summed E-state index contributed by atoms with van der Waals surface area (Å²) in [6.45, 7) is 31.5. The molecule has 0 aliphatic carbocycles. The third-order valence-corrected chi connectivity index (χ3v) is 31.0. The van der Waals surface area contributed by atoms with E-state index in [4.69, 9.17) is 0 Å². The maximum Gasteiger partial charge on any atom is 0.246 e. The number of aliphatic hydroxyl groups is 1. The van der Waals surface area contributed by atoms with Crippen LogP contribution in [0.3, 0.4) is 0 Å². The van der Waals surface area contributed by atoms with Gasteiger partial charge in [0.2, 0.25) is 47.3 Å². The number of carbonyl (C=O) groups is 13. The summed E-state index contributed by atoms with van der Waals surface area (Å²) in [5, 5.41) is 25.6. The van der Waals surface area contributed by atoms with E-state index in [2.05, 4.69) is 107 Å². The molecule has 710 valence electrons. The van der Waals surface area contributed by atoms with Gasteiger partial charge in [-0.25, -0.2) is 0 Å². The van der Waals surface area contributed by atoms with Gasteiger partial charge in [-0.15, -0.1) is 0 Å². The molecule has 4 aromatic carbocycles. The summed E-state index contributed by atoms with van der Waals surface area (Å²) in [6, 6.07) is 29.3. The third-order valence-electron chi connectivity index (χ3n) is 26.0. The molecule has 25 heteroatoms. The van der Waals surface area contributed by atoms with Crippen molar-refractivity contribution in [3.8, 4) is 0 Å². The molecule has 5 rings (SSSR count). The van der Waals surface area contributed by atoms with Crippen molar-refractivity contribution in [1.82, 2.24) is 50.2 Å². The van der Waals surface area contributed by atoms with Crippen LogP contribution in [0.1, 0.15) is 243 Å². The molecule has 0 spiro atoms. The van der Waals surface area contributed by atoms with Crippen molar-refractivity contribution in [1.29, 1.82) is 0 Å². The molecule has 4 N–H and O–H groups in total. The Kier molecular flexibility index (Phi) is 45.4. The van der Waals surface area contributed by atoms with Crippen LogP contribution < -0.4 is 31.9 Å². The van der Waals surface area contributed by atoms with Crippen LogP contribution >= 0.6 is 7.26 Å². The van der Waals surface area contributed by atoms with Crippen LogP contribution in [0.15, 0.2) is 127 Å². The first-order valence-electron chi connectivity index (χ1n) is 47.2. The van der Waals surface area contributed by atoms with E-state index in [0.717, 1.165) is 49.6 Å². The molecule has 0 bridgehead atoms. The van der Waals surface area contributed by atoms with Crippen LogP contribution in [-0.4, -0.2) is 239 Å². The van der Waals surface area contributed by atoms with Gasteiger partial charge in [-0.1, -0.05) is 128 Å². The summed E-state index contributed by atoms with van der Waals surface area (Å²) >= 11 is 0. The average molecular weight is 1790 g/mol. The van der Waals surface area contributed by atoms with Crippen LogP contribution in [0.25, 0.3) is 0 Å². The molecule has 128 heavy (non-hydrogen) atoms. The summed E-state index contributed by atoms with van der Waals surface area (Å²) in [5.74, 6) is -12.3. The molecule has 0 aromatic heterocycles. The SMILES string of the molecule is C/C=C/C[C@@H](C)[C@@H](O)[C@H]1C(=O)C[C@@H](CC)C(=O)N(C)C(Cc2ccc(C(=O)NCCCCCCNC(=O)CCCCC[PH](c3ccccc3)(c3ccccc3)c3ccccc3)cc2)C(=O)N(C)[C@@H](CC(C)C)C(=O)C[C@@H](C(C)C)C(=O)N(C)[C@@H](CC(C)C)C(=O)C[C@@H](C)C(=O)N[C@H](C)C(=O)N(C)[C@@H](CC(C)C)C(=O)N(C)[C@@H](CC(C)C)C(=O)N(C)[C@@H](C(C)C)C(=O)N1C. The van der Waals surface area contributed by atoms with Crippen molar-refractivity contribution in [3.05, 3.63) is 139 Å². The molecule has 24 nitrogen and oxygen atoms in total. The van der Waals surface area contributed by atoms with Crippen molar-refractivity contribution < 1.29 is 67.4 Å². The molecule has 1 unspecified atom stereocenters. The predicted octanol–water partition coefficient (Wildman–Crippen LogP) is 12.8. The number of carbonyl (C=O) groups excluding carboxylic acids is 13. The van der Waals surface area contributed by atoms with E-state index in [9.17, 15) is 29.1 Å². The zero-order chi connectivity index (χ0) is 95.7. The molecule has 1 heterocycles. The first-order valence-corrected chi connectivity index (χ1v) is 49.5. The van der Waals surface area contributed by atoms with Gasteiger partial charge in [0.15, 0.2) is 17.3 Å². The van der Waals surface area contributed by atoms with Gasteiger partial charge in [-0.05, 0) is 111 Å². The Labute approximate surface area is 767 Å². The maximum atomic E-state index is 16.0. The fourth-order valence-corrected chi connectivity index (χ4v) is 23.0. The number of likely N-dealkylation sites (N-methyl/N-ethyl adjacent to an activating group) is 7. The summed E-state index contributed by atoms with van der Waals surface area (Å²) in [4.78, 5) is 204. The van der Waals surface area contributed by atoms with E-state index in [1.807, 2.05) is 68.4 Å². The Morgan fingerprint density at radius 3 is 1.34 bits per heavy atom. The van der Waals surface area contributed by atoms with Crippen LogP contribution in [0.2, 0.25) is 0 Å². The molecule has 1 aliphatic heterocycles. The Hall–Kier alpha value is -9.28. The number of benzene rings is 4. The summed E-state index contributed by atoms with van der Waals surface area (Å²) in [5.41, 5.74) is 0.885. The van der Waals surface area contributed by atoms with Crippen molar-refractivity contribution in [2.24, 2.45) is 59.2 Å². The summed E-state index contributed by atoms with van der Waals surface area (Å²) in [7, 11) is 7.92. The van der Waals surface area contributed by atoms with E-state index in [0.29, 0.717) is 43.5 Å². The number of rotatable bonds is 34. The van der Waals surface area contributed by atoms with Gasteiger partial charge < -0.3 is 50.0 Å². The van der Waals surface area contributed by atoms with E-state index in [1.54, 1.807) is 78.8 Å². The number of ketones is 3. The molecule has 13 atom stereocenters. The second-order valence-corrected chi connectivity index (χ2v) is 42.8. The normalized spacial score (nSPS) is 22.7.